The number of carboxylic acids is 1. The average Bonchev–Trinajstić information content (AvgIpc) is 2.61. The Kier molecular flexibility index (Phi) is 12.0. The lowest BCUT2D eigenvalue weighted by Gasteiger charge is -2.13. The minimum Gasteiger partial charge on any atom is -0.481 e. The Labute approximate surface area is 163 Å². The van der Waals surface area contributed by atoms with Gasteiger partial charge in [-0.15, -0.1) is 0 Å². The summed E-state index contributed by atoms with van der Waals surface area (Å²) >= 11 is 0. The molecule has 0 saturated carbocycles. The van der Waals surface area contributed by atoms with E-state index in [2.05, 4.69) is 0 Å². The predicted molar refractivity (Wildman–Crippen MR) is 106 cm³/mol. The van der Waals surface area contributed by atoms with E-state index in [9.17, 15) is 9.90 Å². The van der Waals surface area contributed by atoms with Gasteiger partial charge < -0.3 is 20.4 Å². The maximum absolute atomic E-state index is 11.4. The number of carbonyl (C=O) groups is 1. The summed E-state index contributed by atoms with van der Waals surface area (Å²) in [6, 6.07) is 9.49. The Morgan fingerprint density at radius 2 is 1.19 bits per heavy atom. The van der Waals surface area contributed by atoms with Gasteiger partial charge in [-0.2, -0.15) is 0 Å². The summed E-state index contributed by atoms with van der Waals surface area (Å²) in [5, 5.41) is 35.7. The smallest absolute Gasteiger partial charge is 0.310 e. The standard InChI is InChI=1S/C22H36O5/c23-21(24)20(19-15-11-10-12-16-19)17-13-8-6-4-2-1-3-5-7-9-14-18-22(25,26)27/h10-12,15-16,20,25-27H,1-9,13-14,17-18H2,(H,23,24). The molecule has 4 N–H and O–H groups in total. The third-order valence-electron chi connectivity index (χ3n) is 5.01. The molecule has 0 spiro atoms. The monoisotopic (exact) mass is 380 g/mol. The SMILES string of the molecule is O=C(O)C(CCCCCCCCCCCCCC(O)(O)O)c1ccccc1. The lowest BCUT2D eigenvalue weighted by atomic mass is 9.93. The largest absolute Gasteiger partial charge is 0.481 e. The van der Waals surface area contributed by atoms with E-state index in [4.69, 9.17) is 15.3 Å². The topological polar surface area (TPSA) is 98.0 Å². The second-order valence-corrected chi connectivity index (χ2v) is 7.50. The summed E-state index contributed by atoms with van der Waals surface area (Å²) in [6.45, 7) is 0. The van der Waals surface area contributed by atoms with Gasteiger partial charge >= 0.3 is 5.97 Å². The first kappa shape index (κ1) is 23.6. The molecule has 1 unspecified atom stereocenters. The van der Waals surface area contributed by atoms with Crippen LogP contribution in [0.2, 0.25) is 0 Å². The van der Waals surface area contributed by atoms with Crippen LogP contribution >= 0.6 is 0 Å². The van der Waals surface area contributed by atoms with E-state index in [-0.39, 0.29) is 12.3 Å². The van der Waals surface area contributed by atoms with E-state index < -0.39 is 11.9 Å². The zero-order valence-corrected chi connectivity index (χ0v) is 16.4. The molecule has 0 aliphatic carbocycles. The zero-order chi connectivity index (χ0) is 20.0. The van der Waals surface area contributed by atoms with Crippen LogP contribution in [0, 0.1) is 0 Å². The van der Waals surface area contributed by atoms with Crippen molar-refractivity contribution < 1.29 is 25.2 Å². The van der Waals surface area contributed by atoms with E-state index in [1.807, 2.05) is 30.3 Å². The van der Waals surface area contributed by atoms with Crippen LogP contribution in [-0.2, 0) is 4.79 Å². The molecule has 154 valence electrons. The molecule has 1 aromatic rings. The van der Waals surface area contributed by atoms with Crippen LogP contribution < -0.4 is 0 Å². The molecule has 0 fully saturated rings. The van der Waals surface area contributed by atoms with E-state index in [0.717, 1.165) is 44.1 Å². The van der Waals surface area contributed by atoms with E-state index in [1.54, 1.807) is 0 Å². The Morgan fingerprint density at radius 1 is 0.741 bits per heavy atom. The highest BCUT2D eigenvalue weighted by Crippen LogP contribution is 2.23. The van der Waals surface area contributed by atoms with Gasteiger partial charge in [-0.3, -0.25) is 4.79 Å². The maximum atomic E-state index is 11.4. The fraction of sp³-hybridized carbons (Fsp3) is 0.682. The van der Waals surface area contributed by atoms with Gasteiger partial charge in [-0.1, -0.05) is 94.5 Å². The van der Waals surface area contributed by atoms with Crippen molar-refractivity contribution in [2.24, 2.45) is 0 Å². The number of hydrogen-bond donors (Lipinski definition) is 4. The van der Waals surface area contributed by atoms with Gasteiger partial charge in [-0.05, 0) is 18.4 Å². The Bertz CT molecular complexity index is 495. The van der Waals surface area contributed by atoms with Crippen LogP contribution in [0.5, 0.6) is 0 Å². The lowest BCUT2D eigenvalue weighted by Crippen LogP contribution is -2.26. The highest BCUT2D eigenvalue weighted by Gasteiger charge is 2.18. The lowest BCUT2D eigenvalue weighted by molar-refractivity contribution is -0.315. The maximum Gasteiger partial charge on any atom is 0.310 e. The van der Waals surface area contributed by atoms with Gasteiger partial charge in [0.25, 0.3) is 5.97 Å². The quantitative estimate of drug-likeness (QED) is 0.249. The zero-order valence-electron chi connectivity index (χ0n) is 16.4. The Morgan fingerprint density at radius 3 is 1.63 bits per heavy atom. The number of benzene rings is 1. The molecule has 0 saturated heterocycles. The van der Waals surface area contributed by atoms with Crippen molar-refractivity contribution in [3.8, 4) is 0 Å². The van der Waals surface area contributed by atoms with Crippen molar-refractivity contribution in [2.45, 2.75) is 95.4 Å². The fourth-order valence-corrected chi connectivity index (χ4v) is 3.42. The molecule has 0 aliphatic rings. The Hall–Kier alpha value is -1.43. The number of aliphatic hydroxyl groups is 3. The summed E-state index contributed by atoms with van der Waals surface area (Å²) in [6.07, 6.45) is 12.5. The summed E-state index contributed by atoms with van der Waals surface area (Å²) in [4.78, 5) is 11.4. The molecule has 5 heteroatoms. The first-order valence-corrected chi connectivity index (χ1v) is 10.3. The van der Waals surface area contributed by atoms with Crippen molar-refractivity contribution >= 4 is 5.97 Å². The molecule has 0 aromatic heterocycles. The number of unbranched alkanes of at least 4 members (excludes halogenated alkanes) is 10. The first-order valence-electron chi connectivity index (χ1n) is 10.3. The summed E-state index contributed by atoms with van der Waals surface area (Å²) in [5.74, 6) is -3.63. The molecule has 1 rings (SSSR count). The van der Waals surface area contributed by atoms with Gasteiger partial charge in [0, 0.05) is 6.42 Å². The molecule has 0 heterocycles. The highest BCUT2D eigenvalue weighted by molar-refractivity contribution is 5.75. The average molecular weight is 381 g/mol. The molecule has 0 aliphatic heterocycles. The fourth-order valence-electron chi connectivity index (χ4n) is 3.42. The van der Waals surface area contributed by atoms with Gasteiger partial charge in [0.15, 0.2) is 0 Å². The third-order valence-corrected chi connectivity index (χ3v) is 5.01. The van der Waals surface area contributed by atoms with E-state index >= 15 is 0 Å². The molecule has 0 bridgehead atoms. The van der Waals surface area contributed by atoms with Crippen molar-refractivity contribution in [1.29, 1.82) is 0 Å². The van der Waals surface area contributed by atoms with Crippen molar-refractivity contribution in [3.05, 3.63) is 35.9 Å². The van der Waals surface area contributed by atoms with Crippen LogP contribution in [0.4, 0.5) is 0 Å². The number of aliphatic carboxylic acids is 1. The molecule has 0 radical (unpaired) electrons. The Balaban J connectivity index is 1.95. The van der Waals surface area contributed by atoms with Crippen molar-refractivity contribution in [1.82, 2.24) is 0 Å². The van der Waals surface area contributed by atoms with Crippen LogP contribution in [0.3, 0.4) is 0 Å². The minimum absolute atomic E-state index is 0.0139. The van der Waals surface area contributed by atoms with Crippen LogP contribution in [0.1, 0.15) is 95.0 Å². The molecule has 1 aromatic carbocycles. The van der Waals surface area contributed by atoms with Gasteiger partial charge in [0.1, 0.15) is 0 Å². The predicted octanol–water partition coefficient (Wildman–Crippen LogP) is 4.56. The third kappa shape index (κ3) is 12.6. The molecule has 27 heavy (non-hydrogen) atoms. The molecular weight excluding hydrogens is 344 g/mol. The normalized spacial score (nSPS) is 12.9. The number of carboxylic acid groups (broad SMARTS) is 1. The van der Waals surface area contributed by atoms with E-state index in [0.29, 0.717) is 12.8 Å². The van der Waals surface area contributed by atoms with Gasteiger partial charge in [0.05, 0.1) is 5.92 Å². The summed E-state index contributed by atoms with van der Waals surface area (Å²) in [5.41, 5.74) is 0.896. The minimum atomic E-state index is -2.51. The number of rotatable bonds is 16. The second kappa shape index (κ2) is 13.7. The summed E-state index contributed by atoms with van der Waals surface area (Å²) in [7, 11) is 0. The van der Waals surface area contributed by atoms with Crippen molar-refractivity contribution in [3.63, 3.8) is 0 Å². The highest BCUT2D eigenvalue weighted by atomic mass is 16.7. The molecule has 0 amide bonds. The molecule has 5 nitrogen and oxygen atoms in total. The van der Waals surface area contributed by atoms with E-state index in [1.165, 1.54) is 25.7 Å². The van der Waals surface area contributed by atoms with Gasteiger partial charge in [0.2, 0.25) is 0 Å². The van der Waals surface area contributed by atoms with Gasteiger partial charge in [-0.25, -0.2) is 0 Å². The molecular formula is C22H36O5. The second-order valence-electron chi connectivity index (χ2n) is 7.50. The first-order chi connectivity index (χ1) is 12.9. The van der Waals surface area contributed by atoms with Crippen LogP contribution in [0.15, 0.2) is 30.3 Å². The van der Waals surface area contributed by atoms with Crippen LogP contribution in [0.25, 0.3) is 0 Å². The summed E-state index contributed by atoms with van der Waals surface area (Å²) < 4.78 is 0. The number of hydrogen-bond acceptors (Lipinski definition) is 4. The molecule has 1 atom stereocenters. The van der Waals surface area contributed by atoms with Crippen LogP contribution in [-0.4, -0.2) is 32.4 Å². The van der Waals surface area contributed by atoms with Crippen molar-refractivity contribution in [2.75, 3.05) is 0 Å².